The van der Waals surface area contributed by atoms with Crippen LogP contribution in [0.25, 0.3) is 10.9 Å². The highest BCUT2D eigenvalue weighted by Gasteiger charge is 2.07. The molecule has 2 aromatic heterocycles. The fourth-order valence-corrected chi connectivity index (χ4v) is 3.41. The first-order valence-corrected chi connectivity index (χ1v) is 7.29. The third-order valence-electron chi connectivity index (χ3n) is 2.60. The van der Waals surface area contributed by atoms with E-state index in [0.717, 1.165) is 21.0 Å². The Morgan fingerprint density at radius 1 is 1.17 bits per heavy atom. The molecule has 0 unspecified atom stereocenters. The number of phenols is 1. The first-order chi connectivity index (χ1) is 8.84. The standard InChI is InChI=1S/C13H10N2OS2/c16-11-4-3-9(8-18-13-15-6-7-17-13)10-2-1-5-14-12(10)11/h1-7,16H,8H2. The normalized spacial score (nSPS) is 10.9. The summed E-state index contributed by atoms with van der Waals surface area (Å²) in [4.78, 5) is 8.46. The largest absolute Gasteiger partial charge is 0.506 e. The minimum Gasteiger partial charge on any atom is -0.506 e. The Kier molecular flexibility index (Phi) is 3.17. The van der Waals surface area contributed by atoms with Crippen LogP contribution in [0.4, 0.5) is 0 Å². The van der Waals surface area contributed by atoms with E-state index < -0.39 is 0 Å². The van der Waals surface area contributed by atoms with Gasteiger partial charge >= 0.3 is 0 Å². The zero-order valence-corrected chi connectivity index (χ0v) is 11.0. The topological polar surface area (TPSA) is 46.0 Å². The zero-order chi connectivity index (χ0) is 12.4. The summed E-state index contributed by atoms with van der Waals surface area (Å²) in [5.74, 6) is 1.06. The van der Waals surface area contributed by atoms with Gasteiger partial charge in [0.05, 0.1) is 0 Å². The van der Waals surface area contributed by atoms with Crippen molar-refractivity contribution < 1.29 is 5.11 Å². The van der Waals surface area contributed by atoms with E-state index in [1.165, 1.54) is 0 Å². The minimum atomic E-state index is 0.230. The number of phenolic OH excluding ortho intramolecular Hbond substituents is 1. The molecule has 0 saturated carbocycles. The van der Waals surface area contributed by atoms with Gasteiger partial charge in [0, 0.05) is 28.9 Å². The van der Waals surface area contributed by atoms with Crippen molar-refractivity contribution in [3.63, 3.8) is 0 Å². The number of aromatic nitrogens is 2. The number of thiazole rings is 1. The number of pyridine rings is 1. The summed E-state index contributed by atoms with van der Waals surface area (Å²) in [5.41, 5.74) is 1.82. The van der Waals surface area contributed by atoms with Gasteiger partial charge in [0.25, 0.3) is 0 Å². The molecular formula is C13H10N2OS2. The number of benzene rings is 1. The Bertz CT molecular complexity index is 668. The summed E-state index contributed by atoms with van der Waals surface area (Å²) in [6.45, 7) is 0. The second-order valence-corrected chi connectivity index (χ2v) is 5.85. The van der Waals surface area contributed by atoms with Crippen LogP contribution in [-0.4, -0.2) is 15.1 Å². The Labute approximate surface area is 113 Å². The van der Waals surface area contributed by atoms with Gasteiger partial charge in [-0.15, -0.1) is 11.3 Å². The summed E-state index contributed by atoms with van der Waals surface area (Å²) < 4.78 is 1.06. The fraction of sp³-hybridized carbons (Fsp3) is 0.0769. The fourth-order valence-electron chi connectivity index (χ4n) is 1.76. The third kappa shape index (κ3) is 2.19. The molecule has 0 spiro atoms. The molecule has 0 bridgehead atoms. The second-order valence-electron chi connectivity index (χ2n) is 3.73. The monoisotopic (exact) mass is 274 g/mol. The summed E-state index contributed by atoms with van der Waals surface area (Å²) in [5, 5.41) is 12.7. The van der Waals surface area contributed by atoms with E-state index in [-0.39, 0.29) is 5.75 Å². The molecular weight excluding hydrogens is 264 g/mol. The third-order valence-corrected chi connectivity index (χ3v) is 4.61. The van der Waals surface area contributed by atoms with Crippen LogP contribution in [0.3, 0.4) is 0 Å². The van der Waals surface area contributed by atoms with Crippen molar-refractivity contribution in [2.75, 3.05) is 0 Å². The lowest BCUT2D eigenvalue weighted by atomic mass is 10.1. The molecule has 0 aliphatic heterocycles. The Morgan fingerprint density at radius 2 is 2.11 bits per heavy atom. The van der Waals surface area contributed by atoms with Gasteiger partial charge in [-0.2, -0.15) is 0 Å². The minimum absolute atomic E-state index is 0.230. The zero-order valence-electron chi connectivity index (χ0n) is 9.41. The highest BCUT2D eigenvalue weighted by molar-refractivity contribution is 8.00. The molecule has 3 aromatic rings. The van der Waals surface area contributed by atoms with Gasteiger partial charge in [0.2, 0.25) is 0 Å². The van der Waals surface area contributed by atoms with E-state index in [1.54, 1.807) is 35.4 Å². The van der Waals surface area contributed by atoms with E-state index in [4.69, 9.17) is 0 Å². The van der Waals surface area contributed by atoms with E-state index in [1.807, 2.05) is 29.8 Å². The van der Waals surface area contributed by atoms with Gasteiger partial charge in [-0.3, -0.25) is 4.98 Å². The van der Waals surface area contributed by atoms with Crippen LogP contribution < -0.4 is 0 Å². The van der Waals surface area contributed by atoms with E-state index in [9.17, 15) is 5.11 Å². The number of thioether (sulfide) groups is 1. The van der Waals surface area contributed by atoms with Crippen molar-refractivity contribution in [2.45, 2.75) is 10.1 Å². The Morgan fingerprint density at radius 3 is 2.94 bits per heavy atom. The molecule has 0 fully saturated rings. The summed E-state index contributed by atoms with van der Waals surface area (Å²) in [7, 11) is 0. The summed E-state index contributed by atoms with van der Waals surface area (Å²) in [6.07, 6.45) is 3.50. The number of hydrogen-bond acceptors (Lipinski definition) is 5. The second kappa shape index (κ2) is 4.96. The summed E-state index contributed by atoms with van der Waals surface area (Å²) in [6, 6.07) is 7.52. The molecule has 1 N–H and O–H groups in total. The van der Waals surface area contributed by atoms with Crippen molar-refractivity contribution in [2.24, 2.45) is 0 Å². The van der Waals surface area contributed by atoms with Crippen molar-refractivity contribution in [1.82, 2.24) is 9.97 Å². The van der Waals surface area contributed by atoms with Crippen LogP contribution in [-0.2, 0) is 5.75 Å². The van der Waals surface area contributed by atoms with E-state index in [0.29, 0.717) is 5.52 Å². The molecule has 0 aliphatic rings. The lowest BCUT2D eigenvalue weighted by Gasteiger charge is -2.06. The van der Waals surface area contributed by atoms with Gasteiger partial charge in [-0.25, -0.2) is 4.98 Å². The molecule has 0 saturated heterocycles. The number of hydrogen-bond donors (Lipinski definition) is 1. The number of aromatic hydroxyl groups is 1. The van der Waals surface area contributed by atoms with Crippen molar-refractivity contribution in [1.29, 1.82) is 0 Å². The SMILES string of the molecule is Oc1ccc(CSc2nccs2)c2cccnc12. The first kappa shape index (κ1) is 11.5. The van der Waals surface area contributed by atoms with Gasteiger partial charge in [0.15, 0.2) is 0 Å². The van der Waals surface area contributed by atoms with Gasteiger partial charge < -0.3 is 5.11 Å². The van der Waals surface area contributed by atoms with Crippen LogP contribution in [0.1, 0.15) is 5.56 Å². The molecule has 18 heavy (non-hydrogen) atoms. The predicted molar refractivity (Wildman–Crippen MR) is 75.1 cm³/mol. The van der Waals surface area contributed by atoms with Gasteiger partial charge in [0.1, 0.15) is 15.6 Å². The van der Waals surface area contributed by atoms with Crippen molar-refractivity contribution in [3.05, 3.63) is 47.6 Å². The molecule has 2 heterocycles. The molecule has 0 atom stereocenters. The van der Waals surface area contributed by atoms with E-state index in [2.05, 4.69) is 9.97 Å². The molecule has 0 aliphatic carbocycles. The lowest BCUT2D eigenvalue weighted by molar-refractivity contribution is 0.480. The van der Waals surface area contributed by atoms with Crippen LogP contribution in [0.2, 0.25) is 0 Å². The van der Waals surface area contributed by atoms with Crippen LogP contribution in [0.15, 0.2) is 46.4 Å². The molecule has 3 nitrogen and oxygen atoms in total. The molecule has 5 heteroatoms. The van der Waals surface area contributed by atoms with Crippen molar-refractivity contribution >= 4 is 34.0 Å². The smallest absolute Gasteiger partial charge is 0.150 e. The molecule has 90 valence electrons. The summed E-state index contributed by atoms with van der Waals surface area (Å²) >= 11 is 3.34. The number of nitrogens with zero attached hydrogens (tertiary/aromatic N) is 2. The highest BCUT2D eigenvalue weighted by atomic mass is 32.2. The maximum Gasteiger partial charge on any atom is 0.150 e. The average molecular weight is 274 g/mol. The Hall–Kier alpha value is -1.59. The Balaban J connectivity index is 1.94. The van der Waals surface area contributed by atoms with E-state index >= 15 is 0 Å². The van der Waals surface area contributed by atoms with Crippen LogP contribution >= 0.6 is 23.1 Å². The van der Waals surface area contributed by atoms with Gasteiger partial charge in [-0.05, 0) is 17.7 Å². The quantitative estimate of drug-likeness (QED) is 0.740. The maximum absolute atomic E-state index is 9.77. The predicted octanol–water partition coefficient (Wildman–Crippen LogP) is 3.69. The van der Waals surface area contributed by atoms with Gasteiger partial charge in [-0.1, -0.05) is 23.9 Å². The highest BCUT2D eigenvalue weighted by Crippen LogP contribution is 2.31. The number of rotatable bonds is 3. The molecule has 1 aromatic carbocycles. The molecule has 0 amide bonds. The van der Waals surface area contributed by atoms with Crippen molar-refractivity contribution in [3.8, 4) is 5.75 Å². The van der Waals surface area contributed by atoms with Crippen LogP contribution in [0.5, 0.6) is 5.75 Å². The average Bonchev–Trinajstić information content (AvgIpc) is 2.92. The lowest BCUT2D eigenvalue weighted by Crippen LogP contribution is -1.86. The first-order valence-electron chi connectivity index (χ1n) is 5.42. The molecule has 0 radical (unpaired) electrons. The van der Waals surface area contributed by atoms with Crippen LogP contribution in [0, 0.1) is 0 Å². The maximum atomic E-state index is 9.77. The number of fused-ring (bicyclic) bond motifs is 1. The molecule has 3 rings (SSSR count).